The number of hydrogen-bond donors (Lipinski definition) is 2. The highest BCUT2D eigenvalue weighted by Crippen LogP contribution is 2.07. The van der Waals surface area contributed by atoms with Crippen molar-refractivity contribution in [1.29, 1.82) is 0 Å². The quantitative estimate of drug-likeness (QED) is 0.767. The fourth-order valence-corrected chi connectivity index (χ4v) is 1.95. The van der Waals surface area contributed by atoms with Crippen LogP contribution in [0.5, 0.6) is 0 Å². The predicted molar refractivity (Wildman–Crippen MR) is 78.5 cm³/mol. The van der Waals surface area contributed by atoms with Gasteiger partial charge in [0.25, 0.3) is 0 Å². The molecule has 0 radical (unpaired) electrons. The molecule has 0 bridgehead atoms. The fourth-order valence-electron chi connectivity index (χ4n) is 1.95. The first kappa shape index (κ1) is 16.2. The zero-order valence-electron chi connectivity index (χ0n) is 12.2. The van der Waals surface area contributed by atoms with Crippen molar-refractivity contribution in [2.24, 2.45) is 5.92 Å². The van der Waals surface area contributed by atoms with Gasteiger partial charge in [-0.25, -0.2) is 0 Å². The summed E-state index contributed by atoms with van der Waals surface area (Å²) in [6.45, 7) is 4.30. The number of carboxylic acid groups (broad SMARTS) is 1. The van der Waals surface area contributed by atoms with Crippen molar-refractivity contribution >= 4 is 11.9 Å². The molecule has 1 unspecified atom stereocenters. The number of nitrogens with one attached hydrogen (secondary N) is 1. The number of aliphatic carboxylic acids is 1. The van der Waals surface area contributed by atoms with Crippen LogP contribution < -0.4 is 5.32 Å². The van der Waals surface area contributed by atoms with Gasteiger partial charge in [-0.15, -0.1) is 0 Å². The van der Waals surface area contributed by atoms with Crippen molar-refractivity contribution in [3.05, 3.63) is 35.4 Å². The van der Waals surface area contributed by atoms with Crippen LogP contribution in [0.2, 0.25) is 0 Å². The van der Waals surface area contributed by atoms with Crippen LogP contribution >= 0.6 is 0 Å². The van der Waals surface area contributed by atoms with Gasteiger partial charge >= 0.3 is 5.97 Å². The Balaban J connectivity index is 2.17. The monoisotopic (exact) mass is 277 g/mol. The summed E-state index contributed by atoms with van der Waals surface area (Å²) in [4.78, 5) is 22.1. The van der Waals surface area contributed by atoms with Crippen molar-refractivity contribution in [3.63, 3.8) is 0 Å². The summed E-state index contributed by atoms with van der Waals surface area (Å²) in [6.07, 6.45) is 2.26. The Hall–Kier alpha value is -1.84. The van der Waals surface area contributed by atoms with Crippen LogP contribution in [0.1, 0.15) is 37.3 Å². The van der Waals surface area contributed by atoms with Gasteiger partial charge in [0.15, 0.2) is 0 Å². The number of aryl methyl sites for hydroxylation is 2. The number of benzene rings is 1. The molecule has 0 spiro atoms. The van der Waals surface area contributed by atoms with E-state index >= 15 is 0 Å². The molecule has 4 heteroatoms. The lowest BCUT2D eigenvalue weighted by Crippen LogP contribution is -2.29. The third-order valence-electron chi connectivity index (χ3n) is 3.16. The molecule has 0 fully saturated rings. The summed E-state index contributed by atoms with van der Waals surface area (Å²) in [6, 6.07) is 8.32. The Labute approximate surface area is 120 Å². The summed E-state index contributed by atoms with van der Waals surface area (Å²) in [7, 11) is 0. The van der Waals surface area contributed by atoms with Crippen molar-refractivity contribution in [3.8, 4) is 0 Å². The zero-order valence-corrected chi connectivity index (χ0v) is 12.2. The lowest BCUT2D eigenvalue weighted by molar-refractivity contribution is -0.138. The average Bonchev–Trinajstić information content (AvgIpc) is 2.38. The molecule has 2 N–H and O–H groups in total. The molecule has 0 aliphatic heterocycles. The average molecular weight is 277 g/mol. The number of carboxylic acids is 1. The van der Waals surface area contributed by atoms with Crippen molar-refractivity contribution in [2.75, 3.05) is 6.54 Å². The van der Waals surface area contributed by atoms with Crippen LogP contribution in [0.25, 0.3) is 0 Å². The number of rotatable bonds is 8. The standard InChI is InChI=1S/C16H23NO3/c1-12-6-8-14(9-7-12)4-3-5-15(18)17-11-13(2)10-16(19)20/h6-9,13H,3-5,10-11H2,1-2H3,(H,17,18)(H,19,20). The molecule has 0 heterocycles. The Morgan fingerprint density at radius 1 is 1.25 bits per heavy atom. The third-order valence-corrected chi connectivity index (χ3v) is 3.16. The highest BCUT2D eigenvalue weighted by molar-refractivity contribution is 5.76. The Morgan fingerprint density at radius 3 is 2.50 bits per heavy atom. The molecule has 1 aromatic rings. The molecule has 110 valence electrons. The van der Waals surface area contributed by atoms with Crippen LogP contribution in [0, 0.1) is 12.8 Å². The summed E-state index contributed by atoms with van der Waals surface area (Å²) in [5.74, 6) is -0.867. The van der Waals surface area contributed by atoms with Gasteiger partial charge < -0.3 is 10.4 Å². The van der Waals surface area contributed by atoms with Gasteiger partial charge in [0.2, 0.25) is 5.91 Å². The van der Waals surface area contributed by atoms with E-state index in [9.17, 15) is 9.59 Å². The first-order chi connectivity index (χ1) is 9.47. The van der Waals surface area contributed by atoms with E-state index < -0.39 is 5.97 Å². The minimum Gasteiger partial charge on any atom is -0.481 e. The molecule has 1 rings (SSSR count). The largest absolute Gasteiger partial charge is 0.481 e. The molecule has 20 heavy (non-hydrogen) atoms. The molecule has 1 aromatic carbocycles. The zero-order chi connectivity index (χ0) is 15.0. The predicted octanol–water partition coefficient (Wildman–Crippen LogP) is 2.54. The van der Waals surface area contributed by atoms with E-state index in [1.165, 1.54) is 11.1 Å². The topological polar surface area (TPSA) is 66.4 Å². The molecule has 0 aliphatic carbocycles. The summed E-state index contributed by atoms with van der Waals surface area (Å²) < 4.78 is 0. The van der Waals surface area contributed by atoms with E-state index in [0.717, 1.165) is 12.8 Å². The van der Waals surface area contributed by atoms with E-state index in [2.05, 4.69) is 36.5 Å². The third kappa shape index (κ3) is 6.92. The second-order valence-electron chi connectivity index (χ2n) is 5.35. The maximum atomic E-state index is 11.6. The Bertz CT molecular complexity index is 440. The molecule has 1 amide bonds. The van der Waals surface area contributed by atoms with E-state index in [-0.39, 0.29) is 18.2 Å². The van der Waals surface area contributed by atoms with Crippen molar-refractivity contribution < 1.29 is 14.7 Å². The van der Waals surface area contributed by atoms with Crippen LogP contribution in [0.3, 0.4) is 0 Å². The molecule has 0 saturated heterocycles. The maximum absolute atomic E-state index is 11.6. The summed E-state index contributed by atoms with van der Waals surface area (Å²) >= 11 is 0. The molecule has 0 saturated carbocycles. The van der Waals surface area contributed by atoms with Crippen LogP contribution in [-0.2, 0) is 16.0 Å². The number of carbonyl (C=O) groups is 2. The smallest absolute Gasteiger partial charge is 0.303 e. The fraction of sp³-hybridized carbons (Fsp3) is 0.500. The van der Waals surface area contributed by atoms with Gasteiger partial charge in [0.1, 0.15) is 0 Å². The minimum absolute atomic E-state index is 0.00523. The van der Waals surface area contributed by atoms with E-state index in [1.807, 2.05) is 6.92 Å². The van der Waals surface area contributed by atoms with Crippen molar-refractivity contribution in [1.82, 2.24) is 5.32 Å². The molecule has 0 aromatic heterocycles. The van der Waals surface area contributed by atoms with Crippen LogP contribution in [-0.4, -0.2) is 23.5 Å². The Kier molecular flexibility index (Phi) is 6.77. The van der Waals surface area contributed by atoms with Crippen LogP contribution in [0.15, 0.2) is 24.3 Å². The second-order valence-corrected chi connectivity index (χ2v) is 5.35. The van der Waals surface area contributed by atoms with Gasteiger partial charge in [-0.1, -0.05) is 36.8 Å². The molecule has 4 nitrogen and oxygen atoms in total. The number of hydrogen-bond acceptors (Lipinski definition) is 2. The molecular formula is C16H23NO3. The highest BCUT2D eigenvalue weighted by Gasteiger charge is 2.09. The highest BCUT2D eigenvalue weighted by atomic mass is 16.4. The molecular weight excluding hydrogens is 254 g/mol. The van der Waals surface area contributed by atoms with E-state index in [4.69, 9.17) is 5.11 Å². The lowest BCUT2D eigenvalue weighted by Gasteiger charge is -2.10. The maximum Gasteiger partial charge on any atom is 0.303 e. The molecule has 1 atom stereocenters. The SMILES string of the molecule is Cc1ccc(CCCC(=O)NCC(C)CC(=O)O)cc1. The van der Waals surface area contributed by atoms with Gasteiger partial charge in [-0.3, -0.25) is 9.59 Å². The Morgan fingerprint density at radius 2 is 1.90 bits per heavy atom. The van der Waals surface area contributed by atoms with E-state index in [1.54, 1.807) is 0 Å². The van der Waals surface area contributed by atoms with Crippen LogP contribution in [0.4, 0.5) is 0 Å². The first-order valence-electron chi connectivity index (χ1n) is 7.01. The second kappa shape index (κ2) is 8.35. The van der Waals surface area contributed by atoms with E-state index in [0.29, 0.717) is 13.0 Å². The molecule has 0 aliphatic rings. The minimum atomic E-state index is -0.828. The summed E-state index contributed by atoms with van der Waals surface area (Å²) in [5, 5.41) is 11.4. The summed E-state index contributed by atoms with van der Waals surface area (Å²) in [5.41, 5.74) is 2.47. The van der Waals surface area contributed by atoms with Gasteiger partial charge in [0.05, 0.1) is 0 Å². The number of carbonyl (C=O) groups excluding carboxylic acids is 1. The first-order valence-corrected chi connectivity index (χ1v) is 7.01. The lowest BCUT2D eigenvalue weighted by atomic mass is 10.1. The number of amides is 1. The van der Waals surface area contributed by atoms with Crippen molar-refractivity contribution in [2.45, 2.75) is 39.5 Å². The van der Waals surface area contributed by atoms with Gasteiger partial charge in [-0.05, 0) is 31.2 Å². The normalized spacial score (nSPS) is 11.9. The van der Waals surface area contributed by atoms with Gasteiger partial charge in [-0.2, -0.15) is 0 Å². The van der Waals surface area contributed by atoms with Gasteiger partial charge in [0, 0.05) is 19.4 Å².